The van der Waals surface area contributed by atoms with Crippen molar-refractivity contribution in [1.29, 1.82) is 0 Å². The Hall–Kier alpha value is -1.86. The van der Waals surface area contributed by atoms with E-state index in [-0.39, 0.29) is 5.56 Å². The van der Waals surface area contributed by atoms with Crippen LogP contribution in [0.1, 0.15) is 46.2 Å². The molecule has 4 rings (SSSR count). The lowest BCUT2D eigenvalue weighted by molar-refractivity contribution is 0.241. The average molecular weight is 343 g/mol. The normalized spacial score (nSPS) is 18.3. The first-order valence-electron chi connectivity index (χ1n) is 8.48. The Morgan fingerprint density at radius 2 is 2.25 bits per heavy atom. The number of hydrogen-bond acceptors (Lipinski definition) is 6. The maximum absolute atomic E-state index is 12.5. The van der Waals surface area contributed by atoms with E-state index in [2.05, 4.69) is 26.8 Å². The van der Waals surface area contributed by atoms with Crippen molar-refractivity contribution >= 4 is 17.0 Å². The van der Waals surface area contributed by atoms with Crippen LogP contribution in [0.15, 0.2) is 16.0 Å². The van der Waals surface area contributed by atoms with E-state index in [0.717, 1.165) is 67.3 Å². The average Bonchev–Trinajstić information content (AvgIpc) is 3.01. The number of rotatable bonds is 3. The van der Waals surface area contributed by atoms with Gasteiger partial charge in [0.05, 0.1) is 23.5 Å². The maximum Gasteiger partial charge on any atom is 0.255 e. The number of aromatic amines is 1. The van der Waals surface area contributed by atoms with Crippen molar-refractivity contribution in [2.45, 2.75) is 45.7 Å². The number of aromatic nitrogens is 3. The third kappa shape index (κ3) is 3.18. The monoisotopic (exact) mass is 343 g/mol. The molecule has 1 N–H and O–H groups in total. The van der Waals surface area contributed by atoms with Crippen LogP contribution < -0.4 is 5.56 Å². The zero-order chi connectivity index (χ0) is 16.5. The number of aryl methyl sites for hydroxylation is 1. The Morgan fingerprint density at radius 1 is 1.33 bits per heavy atom. The third-order valence-corrected chi connectivity index (χ3v) is 5.47. The molecule has 0 unspecified atom stereocenters. The van der Waals surface area contributed by atoms with Gasteiger partial charge in [0.2, 0.25) is 0 Å². The number of thiazole rings is 1. The van der Waals surface area contributed by atoms with Gasteiger partial charge in [-0.2, -0.15) is 0 Å². The zero-order valence-corrected chi connectivity index (χ0v) is 14.7. The van der Waals surface area contributed by atoms with Crippen LogP contribution in [0.2, 0.25) is 0 Å². The summed E-state index contributed by atoms with van der Waals surface area (Å²) < 4.78 is 0. The zero-order valence-electron chi connectivity index (χ0n) is 13.8. The van der Waals surface area contributed by atoms with Gasteiger partial charge in [-0.05, 0) is 26.2 Å². The molecule has 0 radical (unpaired) electrons. The van der Waals surface area contributed by atoms with Crippen molar-refractivity contribution in [3.05, 3.63) is 43.5 Å². The van der Waals surface area contributed by atoms with E-state index < -0.39 is 0 Å². The van der Waals surface area contributed by atoms with Gasteiger partial charge in [-0.1, -0.05) is 0 Å². The fraction of sp³-hybridized carbons (Fsp3) is 0.529. The van der Waals surface area contributed by atoms with E-state index in [9.17, 15) is 4.79 Å². The molecule has 4 heterocycles. The molecule has 2 aliphatic heterocycles. The van der Waals surface area contributed by atoms with Gasteiger partial charge in [0.25, 0.3) is 5.56 Å². The second kappa shape index (κ2) is 6.57. The number of aliphatic imine (C=N–C) groups is 1. The number of H-pyrrole nitrogens is 1. The van der Waals surface area contributed by atoms with E-state index in [0.29, 0.717) is 12.4 Å². The van der Waals surface area contributed by atoms with Crippen molar-refractivity contribution in [3.63, 3.8) is 0 Å². The van der Waals surface area contributed by atoms with Crippen LogP contribution in [0.5, 0.6) is 0 Å². The molecule has 2 aliphatic rings. The van der Waals surface area contributed by atoms with Gasteiger partial charge in [0.15, 0.2) is 5.82 Å². The summed E-state index contributed by atoms with van der Waals surface area (Å²) in [4.78, 5) is 32.7. The van der Waals surface area contributed by atoms with Crippen LogP contribution in [0.4, 0.5) is 0 Å². The molecule has 7 heteroatoms. The summed E-state index contributed by atoms with van der Waals surface area (Å²) in [6, 6.07) is 0. The van der Waals surface area contributed by atoms with Crippen molar-refractivity contribution in [3.8, 4) is 0 Å². The third-order valence-electron chi connectivity index (χ3n) is 4.57. The summed E-state index contributed by atoms with van der Waals surface area (Å²) in [5, 5.41) is 1.11. The van der Waals surface area contributed by atoms with Crippen LogP contribution in [0.25, 0.3) is 0 Å². The lowest BCUT2D eigenvalue weighted by atomic mass is 10.1. The van der Waals surface area contributed by atoms with Crippen molar-refractivity contribution in [2.75, 3.05) is 13.1 Å². The lowest BCUT2D eigenvalue weighted by Crippen LogP contribution is -2.36. The molecule has 0 spiro atoms. The molecule has 2 aromatic heterocycles. The van der Waals surface area contributed by atoms with Crippen LogP contribution in [0, 0.1) is 6.92 Å². The molecule has 0 saturated carbocycles. The minimum Gasteiger partial charge on any atom is -0.305 e. The molecular weight excluding hydrogens is 322 g/mol. The predicted molar refractivity (Wildman–Crippen MR) is 94.8 cm³/mol. The number of hydrogen-bond donors (Lipinski definition) is 1. The first-order chi connectivity index (χ1) is 11.7. The summed E-state index contributed by atoms with van der Waals surface area (Å²) in [6.45, 7) is 5.26. The Balaban J connectivity index is 1.56. The van der Waals surface area contributed by atoms with E-state index in [1.807, 2.05) is 6.20 Å². The largest absolute Gasteiger partial charge is 0.305 e. The lowest BCUT2D eigenvalue weighted by Gasteiger charge is -2.27. The fourth-order valence-electron chi connectivity index (χ4n) is 3.31. The Morgan fingerprint density at radius 3 is 3.00 bits per heavy atom. The topological polar surface area (TPSA) is 74.2 Å². The van der Waals surface area contributed by atoms with Crippen LogP contribution in [-0.4, -0.2) is 38.7 Å². The minimum atomic E-state index is -0.0108. The molecule has 0 atom stereocenters. The van der Waals surface area contributed by atoms with E-state index in [4.69, 9.17) is 4.98 Å². The molecule has 24 heavy (non-hydrogen) atoms. The molecule has 0 aromatic carbocycles. The molecule has 126 valence electrons. The SMILES string of the molecule is Cc1cnc(CN2CCc3nc(C4=NCCCC4)[nH]c(=O)c3C2)s1. The predicted octanol–water partition coefficient (Wildman–Crippen LogP) is 2.07. The van der Waals surface area contributed by atoms with Gasteiger partial charge in [-0.25, -0.2) is 9.97 Å². The summed E-state index contributed by atoms with van der Waals surface area (Å²) in [6.07, 6.45) is 5.88. The molecule has 0 amide bonds. The highest BCUT2D eigenvalue weighted by atomic mass is 32.1. The van der Waals surface area contributed by atoms with Crippen LogP contribution in [0.3, 0.4) is 0 Å². The highest BCUT2D eigenvalue weighted by molar-refractivity contribution is 7.11. The van der Waals surface area contributed by atoms with Gasteiger partial charge in [-0.3, -0.25) is 14.7 Å². The number of fused-ring (bicyclic) bond motifs is 1. The molecule has 6 nitrogen and oxygen atoms in total. The molecular formula is C17H21N5OS. The fourth-order valence-corrected chi connectivity index (χ4v) is 4.14. The summed E-state index contributed by atoms with van der Waals surface area (Å²) in [5.74, 6) is 0.683. The van der Waals surface area contributed by atoms with Crippen molar-refractivity contribution < 1.29 is 0 Å². The van der Waals surface area contributed by atoms with Gasteiger partial charge in [0.1, 0.15) is 5.01 Å². The smallest absolute Gasteiger partial charge is 0.255 e. The molecule has 0 bridgehead atoms. The van der Waals surface area contributed by atoms with Crippen molar-refractivity contribution in [1.82, 2.24) is 19.9 Å². The molecule has 0 fully saturated rings. The van der Waals surface area contributed by atoms with Crippen LogP contribution >= 0.6 is 11.3 Å². The minimum absolute atomic E-state index is 0.0108. The summed E-state index contributed by atoms with van der Waals surface area (Å²) in [7, 11) is 0. The highest BCUT2D eigenvalue weighted by Crippen LogP contribution is 2.20. The van der Waals surface area contributed by atoms with Gasteiger partial charge < -0.3 is 4.98 Å². The van der Waals surface area contributed by atoms with E-state index in [1.54, 1.807) is 11.3 Å². The Kier molecular flexibility index (Phi) is 4.28. The molecule has 0 aliphatic carbocycles. The Labute approximate surface area is 144 Å². The first kappa shape index (κ1) is 15.7. The highest BCUT2D eigenvalue weighted by Gasteiger charge is 2.23. The van der Waals surface area contributed by atoms with Gasteiger partial charge in [0, 0.05) is 37.1 Å². The van der Waals surface area contributed by atoms with E-state index in [1.165, 1.54) is 4.88 Å². The standard InChI is InChI=1S/C17H21N5OS/c1-11-8-19-15(24-11)10-22-7-5-13-12(9-22)17(23)21-16(20-13)14-4-2-3-6-18-14/h8H,2-7,9-10H2,1H3,(H,20,21,23). The summed E-state index contributed by atoms with van der Waals surface area (Å²) >= 11 is 1.72. The Bertz CT molecular complexity index is 838. The summed E-state index contributed by atoms with van der Waals surface area (Å²) in [5.41, 5.74) is 2.69. The number of nitrogens with zero attached hydrogens (tertiary/aromatic N) is 4. The number of nitrogens with one attached hydrogen (secondary N) is 1. The van der Waals surface area contributed by atoms with Gasteiger partial charge >= 0.3 is 0 Å². The van der Waals surface area contributed by atoms with Gasteiger partial charge in [-0.15, -0.1) is 11.3 Å². The molecule has 0 saturated heterocycles. The molecule has 2 aromatic rings. The van der Waals surface area contributed by atoms with E-state index >= 15 is 0 Å². The first-order valence-corrected chi connectivity index (χ1v) is 9.30. The second-order valence-electron chi connectivity index (χ2n) is 6.45. The maximum atomic E-state index is 12.5. The van der Waals surface area contributed by atoms with Crippen molar-refractivity contribution in [2.24, 2.45) is 4.99 Å². The van der Waals surface area contributed by atoms with Crippen LogP contribution in [-0.2, 0) is 19.5 Å². The second-order valence-corrected chi connectivity index (χ2v) is 7.77. The quantitative estimate of drug-likeness (QED) is 0.926.